The van der Waals surface area contributed by atoms with Crippen LogP contribution in [0.1, 0.15) is 18.3 Å². The van der Waals surface area contributed by atoms with Crippen molar-refractivity contribution in [3.05, 3.63) is 23.5 Å². The fourth-order valence-electron chi connectivity index (χ4n) is 1.31. The van der Waals surface area contributed by atoms with E-state index in [-0.39, 0.29) is 12.0 Å². The van der Waals surface area contributed by atoms with Gasteiger partial charge in [0.15, 0.2) is 0 Å². The third kappa shape index (κ3) is 2.94. The van der Waals surface area contributed by atoms with Crippen molar-refractivity contribution in [1.29, 1.82) is 0 Å². The Morgan fingerprint density at radius 3 is 2.67 bits per heavy atom. The van der Waals surface area contributed by atoms with Crippen LogP contribution in [-0.2, 0) is 9.53 Å². The molecule has 15 heavy (non-hydrogen) atoms. The van der Waals surface area contributed by atoms with Crippen molar-refractivity contribution in [3.63, 3.8) is 0 Å². The molecule has 4 nitrogen and oxygen atoms in total. The number of esters is 1. The molecule has 0 aliphatic carbocycles. The number of carbonyl (C=O) groups excluding carboxylic acids is 1. The number of nitrogens with zero attached hydrogens (tertiary/aromatic N) is 1. The first kappa shape index (κ1) is 11.5. The van der Waals surface area contributed by atoms with Gasteiger partial charge in [-0.1, -0.05) is 0 Å². The van der Waals surface area contributed by atoms with Crippen molar-refractivity contribution in [2.45, 2.75) is 26.8 Å². The van der Waals surface area contributed by atoms with Gasteiger partial charge in [-0.15, -0.1) is 0 Å². The highest BCUT2D eigenvalue weighted by Gasteiger charge is 2.13. The number of carbonyl (C=O) groups is 1. The zero-order chi connectivity index (χ0) is 11.4. The van der Waals surface area contributed by atoms with Crippen LogP contribution < -0.4 is 5.32 Å². The SMILES string of the molecule is COC(=O)C(C)Nc1ccc(C)nc1C. The Morgan fingerprint density at radius 2 is 2.13 bits per heavy atom. The average molecular weight is 208 g/mol. The minimum Gasteiger partial charge on any atom is -0.467 e. The standard InChI is InChI=1S/C11H16N2O2/c1-7-5-6-10(8(2)12-7)13-9(3)11(14)15-4/h5-6,9,13H,1-4H3. The van der Waals surface area contributed by atoms with Gasteiger partial charge in [0.1, 0.15) is 6.04 Å². The third-order valence-corrected chi connectivity index (χ3v) is 2.15. The lowest BCUT2D eigenvalue weighted by atomic mass is 10.2. The summed E-state index contributed by atoms with van der Waals surface area (Å²) < 4.78 is 4.63. The minimum atomic E-state index is -0.363. The molecule has 1 heterocycles. The molecule has 0 saturated carbocycles. The topological polar surface area (TPSA) is 51.2 Å². The summed E-state index contributed by atoms with van der Waals surface area (Å²) in [5.74, 6) is -0.282. The number of hydrogen-bond acceptors (Lipinski definition) is 4. The van der Waals surface area contributed by atoms with Crippen LogP contribution in [0.2, 0.25) is 0 Å². The van der Waals surface area contributed by atoms with E-state index < -0.39 is 0 Å². The maximum Gasteiger partial charge on any atom is 0.327 e. The summed E-state index contributed by atoms with van der Waals surface area (Å²) in [7, 11) is 1.38. The monoisotopic (exact) mass is 208 g/mol. The highest BCUT2D eigenvalue weighted by atomic mass is 16.5. The van der Waals surface area contributed by atoms with E-state index in [1.165, 1.54) is 7.11 Å². The summed E-state index contributed by atoms with van der Waals surface area (Å²) >= 11 is 0. The number of aryl methyl sites for hydroxylation is 2. The Balaban J connectivity index is 2.76. The molecule has 0 aromatic carbocycles. The van der Waals surface area contributed by atoms with Crippen molar-refractivity contribution in [1.82, 2.24) is 4.98 Å². The second-order valence-corrected chi connectivity index (χ2v) is 3.47. The molecule has 0 saturated heterocycles. The first-order chi connectivity index (χ1) is 7.04. The lowest BCUT2D eigenvalue weighted by Crippen LogP contribution is -2.27. The van der Waals surface area contributed by atoms with Gasteiger partial charge in [0.2, 0.25) is 0 Å². The van der Waals surface area contributed by atoms with Crippen LogP contribution in [0.4, 0.5) is 5.69 Å². The second kappa shape index (κ2) is 4.77. The molecule has 1 aromatic rings. The van der Waals surface area contributed by atoms with E-state index in [4.69, 9.17) is 0 Å². The highest BCUT2D eigenvalue weighted by molar-refractivity contribution is 5.78. The number of methoxy groups -OCH3 is 1. The van der Waals surface area contributed by atoms with Gasteiger partial charge in [0.25, 0.3) is 0 Å². The maximum absolute atomic E-state index is 11.2. The van der Waals surface area contributed by atoms with Gasteiger partial charge in [-0.25, -0.2) is 4.79 Å². The van der Waals surface area contributed by atoms with E-state index in [0.717, 1.165) is 17.1 Å². The smallest absolute Gasteiger partial charge is 0.327 e. The van der Waals surface area contributed by atoms with Crippen LogP contribution in [-0.4, -0.2) is 24.1 Å². The van der Waals surface area contributed by atoms with Crippen LogP contribution in [0.25, 0.3) is 0 Å². The van der Waals surface area contributed by atoms with Crippen LogP contribution >= 0.6 is 0 Å². The molecule has 0 bridgehead atoms. The van der Waals surface area contributed by atoms with Gasteiger partial charge in [0, 0.05) is 5.69 Å². The molecule has 82 valence electrons. The average Bonchev–Trinajstić information content (AvgIpc) is 2.20. The van der Waals surface area contributed by atoms with Crippen molar-refractivity contribution >= 4 is 11.7 Å². The zero-order valence-corrected chi connectivity index (χ0v) is 9.50. The third-order valence-electron chi connectivity index (χ3n) is 2.15. The van der Waals surface area contributed by atoms with E-state index >= 15 is 0 Å². The number of pyridine rings is 1. The molecule has 0 aliphatic heterocycles. The molecule has 4 heteroatoms. The molecule has 1 atom stereocenters. The fraction of sp³-hybridized carbons (Fsp3) is 0.455. The Hall–Kier alpha value is -1.58. The molecule has 0 amide bonds. The number of rotatable bonds is 3. The zero-order valence-electron chi connectivity index (χ0n) is 9.50. The number of aromatic nitrogens is 1. The van der Waals surface area contributed by atoms with Crippen molar-refractivity contribution in [3.8, 4) is 0 Å². The molecule has 1 N–H and O–H groups in total. The Bertz CT molecular complexity index is 364. The predicted octanol–water partition coefficient (Wildman–Crippen LogP) is 1.67. The summed E-state index contributed by atoms with van der Waals surface area (Å²) in [6.07, 6.45) is 0. The lowest BCUT2D eigenvalue weighted by molar-refractivity contribution is -0.141. The van der Waals surface area contributed by atoms with Gasteiger partial charge in [-0.2, -0.15) is 0 Å². The second-order valence-electron chi connectivity index (χ2n) is 3.47. The van der Waals surface area contributed by atoms with E-state index in [0.29, 0.717) is 0 Å². The van der Waals surface area contributed by atoms with Gasteiger partial charge < -0.3 is 10.1 Å². The molecular weight excluding hydrogens is 192 g/mol. The lowest BCUT2D eigenvalue weighted by Gasteiger charge is -2.14. The first-order valence-corrected chi connectivity index (χ1v) is 4.83. The van der Waals surface area contributed by atoms with Crippen LogP contribution in [0.15, 0.2) is 12.1 Å². The summed E-state index contributed by atoms with van der Waals surface area (Å²) in [5, 5.41) is 3.05. The normalized spacial score (nSPS) is 12.0. The van der Waals surface area contributed by atoms with Crippen LogP contribution in [0, 0.1) is 13.8 Å². The highest BCUT2D eigenvalue weighted by Crippen LogP contribution is 2.13. The Kier molecular flexibility index (Phi) is 3.66. The minimum absolute atomic E-state index is 0.282. The van der Waals surface area contributed by atoms with E-state index in [1.807, 2.05) is 26.0 Å². The molecule has 0 spiro atoms. The summed E-state index contributed by atoms with van der Waals surface area (Å²) in [5.41, 5.74) is 2.70. The van der Waals surface area contributed by atoms with Gasteiger partial charge >= 0.3 is 5.97 Å². The number of ether oxygens (including phenoxy) is 1. The predicted molar refractivity (Wildman–Crippen MR) is 58.8 cm³/mol. The number of nitrogens with one attached hydrogen (secondary N) is 1. The van der Waals surface area contributed by atoms with E-state index in [2.05, 4.69) is 15.0 Å². The van der Waals surface area contributed by atoms with Crippen LogP contribution in [0.5, 0.6) is 0 Å². The Labute approximate surface area is 89.7 Å². The van der Waals surface area contributed by atoms with Crippen molar-refractivity contribution in [2.75, 3.05) is 12.4 Å². The molecule has 1 rings (SSSR count). The first-order valence-electron chi connectivity index (χ1n) is 4.83. The summed E-state index contributed by atoms with van der Waals surface area (Å²) in [6, 6.07) is 3.45. The number of hydrogen-bond donors (Lipinski definition) is 1. The number of anilines is 1. The van der Waals surface area contributed by atoms with Gasteiger partial charge in [-0.05, 0) is 32.9 Å². The maximum atomic E-state index is 11.2. The molecule has 1 aromatic heterocycles. The van der Waals surface area contributed by atoms with Gasteiger partial charge in [-0.3, -0.25) is 4.98 Å². The quantitative estimate of drug-likeness (QED) is 0.768. The molecule has 0 fully saturated rings. The van der Waals surface area contributed by atoms with Crippen molar-refractivity contribution < 1.29 is 9.53 Å². The molecular formula is C11H16N2O2. The van der Waals surface area contributed by atoms with Crippen LogP contribution in [0.3, 0.4) is 0 Å². The summed E-state index contributed by atoms with van der Waals surface area (Å²) in [4.78, 5) is 15.5. The van der Waals surface area contributed by atoms with Gasteiger partial charge in [0.05, 0.1) is 18.5 Å². The van der Waals surface area contributed by atoms with E-state index in [1.54, 1.807) is 6.92 Å². The van der Waals surface area contributed by atoms with Crippen molar-refractivity contribution in [2.24, 2.45) is 0 Å². The molecule has 0 aliphatic rings. The molecule has 0 radical (unpaired) electrons. The largest absolute Gasteiger partial charge is 0.467 e. The molecule has 1 unspecified atom stereocenters. The van der Waals surface area contributed by atoms with E-state index in [9.17, 15) is 4.79 Å². The summed E-state index contributed by atoms with van der Waals surface area (Å²) in [6.45, 7) is 5.59. The fourth-order valence-corrected chi connectivity index (χ4v) is 1.31. The Morgan fingerprint density at radius 1 is 1.47 bits per heavy atom.